The van der Waals surface area contributed by atoms with Gasteiger partial charge in [0, 0.05) is 31.6 Å². The van der Waals surface area contributed by atoms with Gasteiger partial charge in [0.15, 0.2) is 6.19 Å². The molecule has 0 saturated carbocycles. The minimum Gasteiger partial charge on any atom is -0.404 e. The van der Waals surface area contributed by atoms with Crippen LogP contribution in [0.25, 0.3) is 5.57 Å². The van der Waals surface area contributed by atoms with Crippen LogP contribution in [0.5, 0.6) is 0 Å². The van der Waals surface area contributed by atoms with Gasteiger partial charge in [-0.25, -0.2) is 4.39 Å². The smallest absolute Gasteiger partial charge is 0.254 e. The predicted molar refractivity (Wildman–Crippen MR) is 90.7 cm³/mol. The average molecular weight is 329 g/mol. The molecule has 0 radical (unpaired) electrons. The Labute approximate surface area is 140 Å². The minimum atomic E-state index is -0.632. The van der Waals surface area contributed by atoms with Crippen molar-refractivity contribution in [2.45, 2.75) is 18.9 Å². The minimum absolute atomic E-state index is 0.0415. The standard InChI is InChI=1S/C17H20FN5O/c1-17(5-6-23(10-17)11-20)22-16(24)14-4-3-12(7-15(14)18)13(8-19)9-21-2/h3-4,7-9H,5-6,10,19H2,1-2H3,(H,22,24). The lowest BCUT2D eigenvalue weighted by atomic mass is 10.00. The molecule has 24 heavy (non-hydrogen) atoms. The summed E-state index contributed by atoms with van der Waals surface area (Å²) in [5.41, 5.74) is 6.02. The van der Waals surface area contributed by atoms with Crippen molar-refractivity contribution in [3.63, 3.8) is 0 Å². The zero-order valence-corrected chi connectivity index (χ0v) is 13.7. The van der Waals surface area contributed by atoms with Crippen molar-refractivity contribution in [3.8, 4) is 6.19 Å². The Bertz CT molecular complexity index is 737. The van der Waals surface area contributed by atoms with Crippen LogP contribution in [0.4, 0.5) is 4.39 Å². The summed E-state index contributed by atoms with van der Waals surface area (Å²) in [7, 11) is 1.59. The topological polar surface area (TPSA) is 94.5 Å². The van der Waals surface area contributed by atoms with Crippen LogP contribution < -0.4 is 11.1 Å². The molecule has 126 valence electrons. The largest absolute Gasteiger partial charge is 0.404 e. The lowest BCUT2D eigenvalue weighted by Gasteiger charge is -2.25. The number of nitrogens with zero attached hydrogens (tertiary/aromatic N) is 3. The first kappa shape index (κ1) is 17.5. The van der Waals surface area contributed by atoms with Crippen LogP contribution in [0.15, 0.2) is 29.4 Å². The fraction of sp³-hybridized carbons (Fsp3) is 0.353. The van der Waals surface area contributed by atoms with Gasteiger partial charge in [0.05, 0.1) is 17.6 Å². The highest BCUT2D eigenvalue weighted by Gasteiger charge is 2.35. The highest BCUT2D eigenvalue weighted by molar-refractivity contribution is 6.09. The van der Waals surface area contributed by atoms with Gasteiger partial charge in [-0.05, 0) is 31.0 Å². The number of amides is 1. The number of aliphatic imine (C=N–C) groups is 1. The molecule has 2 rings (SSSR count). The number of nitrogens with one attached hydrogen (secondary N) is 1. The highest BCUT2D eigenvalue weighted by atomic mass is 19.1. The van der Waals surface area contributed by atoms with Gasteiger partial charge in [0.1, 0.15) is 5.82 Å². The van der Waals surface area contributed by atoms with Gasteiger partial charge in [0.2, 0.25) is 0 Å². The summed E-state index contributed by atoms with van der Waals surface area (Å²) in [6.45, 7) is 2.85. The van der Waals surface area contributed by atoms with Crippen molar-refractivity contribution < 1.29 is 9.18 Å². The Morgan fingerprint density at radius 2 is 2.33 bits per heavy atom. The zero-order valence-electron chi connectivity index (χ0n) is 13.7. The van der Waals surface area contributed by atoms with Crippen molar-refractivity contribution in [1.29, 1.82) is 5.26 Å². The van der Waals surface area contributed by atoms with E-state index in [1.807, 2.05) is 6.92 Å². The lowest BCUT2D eigenvalue weighted by Crippen LogP contribution is -2.47. The number of rotatable bonds is 4. The molecule has 7 heteroatoms. The Kier molecular flexibility index (Phi) is 5.19. The van der Waals surface area contributed by atoms with Crippen molar-refractivity contribution in [2.24, 2.45) is 10.7 Å². The van der Waals surface area contributed by atoms with E-state index in [9.17, 15) is 9.18 Å². The van der Waals surface area contributed by atoms with Crippen molar-refractivity contribution in [3.05, 3.63) is 41.3 Å². The average Bonchev–Trinajstić information content (AvgIpc) is 2.93. The first-order valence-corrected chi connectivity index (χ1v) is 7.53. The molecule has 1 aromatic rings. The maximum absolute atomic E-state index is 14.3. The third-order valence-corrected chi connectivity index (χ3v) is 4.02. The molecule has 1 amide bonds. The summed E-state index contributed by atoms with van der Waals surface area (Å²) >= 11 is 0. The molecule has 0 aliphatic carbocycles. The molecule has 1 heterocycles. The van der Waals surface area contributed by atoms with Gasteiger partial charge in [-0.3, -0.25) is 9.79 Å². The molecular weight excluding hydrogens is 309 g/mol. The van der Waals surface area contributed by atoms with Gasteiger partial charge in [-0.2, -0.15) is 5.26 Å². The Morgan fingerprint density at radius 3 is 2.88 bits per heavy atom. The number of carbonyl (C=O) groups is 1. The number of halogens is 1. The van der Waals surface area contributed by atoms with Crippen molar-refractivity contribution in [2.75, 3.05) is 20.1 Å². The number of hydrogen-bond acceptors (Lipinski definition) is 5. The van der Waals surface area contributed by atoms with Crippen LogP contribution in [0.1, 0.15) is 29.3 Å². The molecule has 1 aliphatic heterocycles. The van der Waals surface area contributed by atoms with Gasteiger partial charge < -0.3 is 16.0 Å². The third-order valence-electron chi connectivity index (χ3n) is 4.02. The van der Waals surface area contributed by atoms with E-state index in [2.05, 4.69) is 16.5 Å². The zero-order chi connectivity index (χ0) is 17.7. The molecule has 1 saturated heterocycles. The summed E-state index contributed by atoms with van der Waals surface area (Å²) in [5, 5.41) is 11.7. The van der Waals surface area contributed by atoms with Crippen LogP contribution in [0.3, 0.4) is 0 Å². The summed E-state index contributed by atoms with van der Waals surface area (Å²) in [6, 6.07) is 4.30. The van der Waals surface area contributed by atoms with Crippen LogP contribution in [0, 0.1) is 17.3 Å². The monoisotopic (exact) mass is 329 g/mol. The van der Waals surface area contributed by atoms with Crippen molar-refractivity contribution >= 4 is 17.7 Å². The van der Waals surface area contributed by atoms with E-state index in [4.69, 9.17) is 11.0 Å². The second-order valence-electron chi connectivity index (χ2n) is 5.99. The van der Waals surface area contributed by atoms with E-state index in [1.54, 1.807) is 18.0 Å². The van der Waals surface area contributed by atoms with Gasteiger partial charge in [-0.1, -0.05) is 6.07 Å². The molecule has 1 aromatic carbocycles. The third kappa shape index (κ3) is 3.71. The molecule has 1 unspecified atom stereocenters. The predicted octanol–water partition coefficient (Wildman–Crippen LogP) is 1.50. The molecule has 6 nitrogen and oxygen atoms in total. The molecule has 0 bridgehead atoms. The molecular formula is C17H20FN5O. The quantitative estimate of drug-likeness (QED) is 0.646. The highest BCUT2D eigenvalue weighted by Crippen LogP contribution is 2.22. The molecule has 3 N–H and O–H groups in total. The van der Waals surface area contributed by atoms with Gasteiger partial charge in [-0.15, -0.1) is 0 Å². The summed E-state index contributed by atoms with van der Waals surface area (Å²) in [5.74, 6) is -1.13. The van der Waals surface area contributed by atoms with E-state index >= 15 is 0 Å². The molecule has 1 atom stereocenters. The summed E-state index contributed by atoms with van der Waals surface area (Å²) < 4.78 is 14.3. The second kappa shape index (κ2) is 7.13. The number of benzene rings is 1. The first-order chi connectivity index (χ1) is 11.4. The van der Waals surface area contributed by atoms with E-state index < -0.39 is 17.3 Å². The van der Waals surface area contributed by atoms with Crippen LogP contribution in [-0.2, 0) is 0 Å². The first-order valence-electron chi connectivity index (χ1n) is 7.53. The fourth-order valence-corrected chi connectivity index (χ4v) is 2.72. The van der Waals surface area contributed by atoms with E-state index in [0.717, 1.165) is 0 Å². The Balaban J connectivity index is 2.18. The SMILES string of the molecule is CN=CC(=CN)c1ccc(C(=O)NC2(C)CCN(C#N)C2)c(F)c1. The molecule has 0 spiro atoms. The van der Waals surface area contributed by atoms with Crippen LogP contribution in [0.2, 0.25) is 0 Å². The summed E-state index contributed by atoms with van der Waals surface area (Å²) in [6.07, 6.45) is 5.55. The molecule has 1 fully saturated rings. The molecule has 0 aromatic heterocycles. The number of nitrogens with two attached hydrogens (primary N) is 1. The Hall–Kier alpha value is -2.88. The van der Waals surface area contributed by atoms with Crippen LogP contribution >= 0.6 is 0 Å². The maximum Gasteiger partial charge on any atom is 0.254 e. The van der Waals surface area contributed by atoms with E-state index in [1.165, 1.54) is 24.5 Å². The van der Waals surface area contributed by atoms with Crippen LogP contribution in [-0.4, -0.2) is 42.7 Å². The Morgan fingerprint density at radius 1 is 1.58 bits per heavy atom. The molecule has 1 aliphatic rings. The van der Waals surface area contributed by atoms with E-state index in [0.29, 0.717) is 30.6 Å². The summed E-state index contributed by atoms with van der Waals surface area (Å²) in [4.78, 5) is 17.8. The number of nitriles is 1. The maximum atomic E-state index is 14.3. The number of hydrogen-bond donors (Lipinski definition) is 2. The second-order valence-corrected chi connectivity index (χ2v) is 5.99. The lowest BCUT2D eigenvalue weighted by molar-refractivity contribution is 0.0906. The number of likely N-dealkylation sites (tertiary alicyclic amines) is 1. The number of carbonyl (C=O) groups excluding carboxylic acids is 1. The van der Waals surface area contributed by atoms with Crippen molar-refractivity contribution in [1.82, 2.24) is 10.2 Å². The van der Waals surface area contributed by atoms with Gasteiger partial charge in [0.25, 0.3) is 5.91 Å². The fourth-order valence-electron chi connectivity index (χ4n) is 2.72. The number of allylic oxidation sites excluding steroid dienone is 1. The normalized spacial score (nSPS) is 21.1. The van der Waals surface area contributed by atoms with Gasteiger partial charge >= 0.3 is 0 Å². The van der Waals surface area contributed by atoms with E-state index in [-0.39, 0.29) is 5.56 Å².